The van der Waals surface area contributed by atoms with E-state index >= 15 is 0 Å². The van der Waals surface area contributed by atoms with Crippen LogP contribution in [0.5, 0.6) is 5.06 Å². The Labute approximate surface area is 189 Å². The maximum Gasteiger partial charge on any atom is 0.242 e. The summed E-state index contributed by atoms with van der Waals surface area (Å²) in [5.74, 6) is 0.503. The minimum Gasteiger partial charge on any atom is -0.483 e. The molecule has 2 N–H and O–H groups in total. The van der Waals surface area contributed by atoms with Gasteiger partial charge in [0.2, 0.25) is 5.91 Å². The molecule has 1 amide bonds. The maximum absolute atomic E-state index is 13.2. The molecule has 0 radical (unpaired) electrons. The Kier molecular flexibility index (Phi) is 6.86. The van der Waals surface area contributed by atoms with Gasteiger partial charge in [-0.05, 0) is 29.8 Å². The average Bonchev–Trinajstić information content (AvgIpc) is 3.17. The normalized spacial score (nSPS) is 17.4. The lowest BCUT2D eigenvalue weighted by Crippen LogP contribution is -2.58. The fourth-order valence-electron chi connectivity index (χ4n) is 3.72. The lowest BCUT2D eigenvalue weighted by molar-refractivity contribution is -0.145. The van der Waals surface area contributed by atoms with E-state index in [0.717, 1.165) is 28.1 Å². The van der Waals surface area contributed by atoms with Gasteiger partial charge in [0.15, 0.2) is 5.06 Å². The first-order valence-electron chi connectivity index (χ1n) is 9.94. The topological polar surface area (TPSA) is 93.8 Å². The summed E-state index contributed by atoms with van der Waals surface area (Å²) in [4.78, 5) is 25.5. The highest BCUT2D eigenvalue weighted by atomic mass is 35.5. The number of hydrogen-bond donors (Lipinski definition) is 1. The van der Waals surface area contributed by atoms with Crippen molar-refractivity contribution in [1.29, 1.82) is 0 Å². The average molecular weight is 462 g/mol. The van der Waals surface area contributed by atoms with Crippen LogP contribution in [0.1, 0.15) is 5.56 Å². The van der Waals surface area contributed by atoms with Crippen LogP contribution >= 0.6 is 22.9 Å². The van der Waals surface area contributed by atoms with E-state index in [1.165, 1.54) is 17.7 Å². The number of nitrogens with zero attached hydrogens (tertiary/aromatic N) is 4. The Bertz CT molecular complexity index is 1060. The maximum atomic E-state index is 13.2. The number of piperazine rings is 1. The molecule has 4 rings (SSSR count). The first-order valence-corrected chi connectivity index (χ1v) is 11.1. The minimum atomic E-state index is -0.340. The van der Waals surface area contributed by atoms with Crippen molar-refractivity contribution in [2.45, 2.75) is 12.6 Å². The molecule has 1 atom stereocenters. The molecule has 1 saturated heterocycles. The van der Waals surface area contributed by atoms with Gasteiger partial charge in [0.05, 0.1) is 16.5 Å². The number of rotatable bonds is 8. The number of anilines is 1. The standard InChI is InChI=1S/C21H24ClN5O3S/c1-29-12-17-21(28)27(7-6-26(17)8-9-30-19-5-4-18(22)31-19)11-14-2-3-15-16(10-14)24-13-25-20(15)23/h2-5,10,13,17H,6-9,11-12H2,1H3,(H2,23,24,25)/t17-/m0/s1. The summed E-state index contributed by atoms with van der Waals surface area (Å²) in [5, 5.41) is 1.59. The second-order valence-corrected chi connectivity index (χ2v) is 8.96. The summed E-state index contributed by atoms with van der Waals surface area (Å²) in [5.41, 5.74) is 7.68. The number of fused-ring (bicyclic) bond motifs is 1. The molecule has 1 aromatic carbocycles. The molecule has 1 aliphatic rings. The summed E-state index contributed by atoms with van der Waals surface area (Å²) in [6.45, 7) is 3.34. The first-order chi connectivity index (χ1) is 15.0. The minimum absolute atomic E-state index is 0.0505. The Hall–Kier alpha value is -2.46. The van der Waals surface area contributed by atoms with Crippen LogP contribution in [0.15, 0.2) is 36.7 Å². The van der Waals surface area contributed by atoms with Crippen LogP contribution in [0, 0.1) is 0 Å². The quantitative estimate of drug-likeness (QED) is 0.551. The molecule has 0 spiro atoms. The number of carbonyl (C=O) groups is 1. The Morgan fingerprint density at radius 2 is 2.13 bits per heavy atom. The van der Waals surface area contributed by atoms with E-state index in [4.69, 9.17) is 26.8 Å². The zero-order chi connectivity index (χ0) is 21.8. The van der Waals surface area contributed by atoms with Crippen LogP contribution in [0.4, 0.5) is 5.82 Å². The van der Waals surface area contributed by atoms with Gasteiger partial charge in [-0.1, -0.05) is 29.0 Å². The molecule has 0 saturated carbocycles. The summed E-state index contributed by atoms with van der Waals surface area (Å²) < 4.78 is 11.8. The molecule has 8 nitrogen and oxygen atoms in total. The number of nitrogen functional groups attached to an aromatic ring is 1. The molecule has 31 heavy (non-hydrogen) atoms. The second-order valence-electron chi connectivity index (χ2n) is 7.28. The van der Waals surface area contributed by atoms with Crippen LogP contribution in [-0.4, -0.2) is 71.7 Å². The van der Waals surface area contributed by atoms with Gasteiger partial charge in [-0.2, -0.15) is 0 Å². The van der Waals surface area contributed by atoms with E-state index in [1.54, 1.807) is 7.11 Å². The molecule has 3 heterocycles. The predicted octanol–water partition coefficient (Wildman–Crippen LogP) is 2.67. The number of carbonyl (C=O) groups excluding carboxylic acids is 1. The summed E-state index contributed by atoms with van der Waals surface area (Å²) in [6, 6.07) is 9.15. The van der Waals surface area contributed by atoms with Gasteiger partial charge in [0, 0.05) is 38.7 Å². The molecule has 3 aromatic rings. The van der Waals surface area contributed by atoms with Crippen LogP contribution < -0.4 is 10.5 Å². The molecule has 2 aromatic heterocycles. The van der Waals surface area contributed by atoms with Crippen molar-refractivity contribution in [3.05, 3.63) is 46.6 Å². The number of thiophene rings is 1. The fraction of sp³-hybridized carbons (Fsp3) is 0.381. The van der Waals surface area contributed by atoms with Gasteiger partial charge in [0.25, 0.3) is 0 Å². The van der Waals surface area contributed by atoms with E-state index < -0.39 is 0 Å². The van der Waals surface area contributed by atoms with E-state index in [1.807, 2.05) is 35.2 Å². The molecule has 0 unspecified atom stereocenters. The Morgan fingerprint density at radius 3 is 2.90 bits per heavy atom. The first kappa shape index (κ1) is 21.8. The summed E-state index contributed by atoms with van der Waals surface area (Å²) >= 11 is 7.34. The number of aromatic nitrogens is 2. The zero-order valence-corrected chi connectivity index (χ0v) is 18.7. The molecule has 164 valence electrons. The van der Waals surface area contributed by atoms with Crippen molar-refractivity contribution in [1.82, 2.24) is 19.8 Å². The third-order valence-electron chi connectivity index (χ3n) is 5.30. The van der Waals surface area contributed by atoms with Gasteiger partial charge >= 0.3 is 0 Å². The van der Waals surface area contributed by atoms with Crippen molar-refractivity contribution in [3.63, 3.8) is 0 Å². The third kappa shape index (κ3) is 5.07. The smallest absolute Gasteiger partial charge is 0.242 e. The molecule has 1 aliphatic heterocycles. The van der Waals surface area contributed by atoms with E-state index in [0.29, 0.717) is 43.0 Å². The molecule has 10 heteroatoms. The van der Waals surface area contributed by atoms with Crippen LogP contribution in [-0.2, 0) is 16.1 Å². The third-order valence-corrected chi connectivity index (χ3v) is 6.44. The van der Waals surface area contributed by atoms with Crippen molar-refractivity contribution in [2.75, 3.05) is 45.7 Å². The second kappa shape index (κ2) is 9.78. The van der Waals surface area contributed by atoms with Gasteiger partial charge in [-0.3, -0.25) is 9.69 Å². The van der Waals surface area contributed by atoms with Gasteiger partial charge in [-0.25, -0.2) is 9.97 Å². The Morgan fingerprint density at radius 1 is 1.26 bits per heavy atom. The van der Waals surface area contributed by atoms with Crippen molar-refractivity contribution < 1.29 is 14.3 Å². The number of nitrogens with two attached hydrogens (primary N) is 1. The van der Waals surface area contributed by atoms with Crippen molar-refractivity contribution >= 4 is 45.6 Å². The predicted molar refractivity (Wildman–Crippen MR) is 121 cm³/mol. The van der Waals surface area contributed by atoms with Gasteiger partial charge in [-0.15, -0.1) is 0 Å². The van der Waals surface area contributed by atoms with Crippen molar-refractivity contribution in [2.24, 2.45) is 0 Å². The molecule has 1 fully saturated rings. The summed E-state index contributed by atoms with van der Waals surface area (Å²) in [7, 11) is 1.61. The number of ether oxygens (including phenoxy) is 2. The highest BCUT2D eigenvalue weighted by Crippen LogP contribution is 2.28. The fourth-order valence-corrected chi connectivity index (χ4v) is 4.62. The number of amides is 1. The number of halogens is 1. The van der Waals surface area contributed by atoms with Gasteiger partial charge < -0.3 is 20.1 Å². The van der Waals surface area contributed by atoms with Crippen LogP contribution in [0.25, 0.3) is 10.9 Å². The Balaban J connectivity index is 1.40. The number of methoxy groups -OCH3 is 1. The largest absolute Gasteiger partial charge is 0.483 e. The van der Waals surface area contributed by atoms with Crippen LogP contribution in [0.2, 0.25) is 4.34 Å². The SMILES string of the molecule is COC[C@H]1C(=O)N(Cc2ccc3c(N)ncnc3c2)CCN1CCOc1ccc(Cl)s1. The van der Waals surface area contributed by atoms with Crippen LogP contribution in [0.3, 0.4) is 0 Å². The monoisotopic (exact) mass is 461 g/mol. The van der Waals surface area contributed by atoms with E-state index in [-0.39, 0.29) is 11.9 Å². The summed E-state index contributed by atoms with van der Waals surface area (Å²) in [6.07, 6.45) is 1.45. The molecular weight excluding hydrogens is 438 g/mol. The lowest BCUT2D eigenvalue weighted by Gasteiger charge is -2.40. The lowest BCUT2D eigenvalue weighted by atomic mass is 10.1. The van der Waals surface area contributed by atoms with E-state index in [9.17, 15) is 4.79 Å². The highest BCUT2D eigenvalue weighted by molar-refractivity contribution is 7.17. The zero-order valence-electron chi connectivity index (χ0n) is 17.2. The number of benzene rings is 1. The van der Waals surface area contributed by atoms with Gasteiger partial charge in [0.1, 0.15) is 24.8 Å². The van der Waals surface area contributed by atoms with Crippen molar-refractivity contribution in [3.8, 4) is 5.06 Å². The molecule has 0 bridgehead atoms. The van der Waals surface area contributed by atoms with E-state index in [2.05, 4.69) is 14.9 Å². The molecular formula is C21H24ClN5O3S. The number of hydrogen-bond acceptors (Lipinski definition) is 8. The highest BCUT2D eigenvalue weighted by Gasteiger charge is 2.34. The molecule has 0 aliphatic carbocycles.